The second-order valence-electron chi connectivity index (χ2n) is 7.27. The molecule has 0 amide bonds. The Morgan fingerprint density at radius 3 is 2.20 bits per heavy atom. The predicted molar refractivity (Wildman–Crippen MR) is 78.2 cm³/mol. The quantitative estimate of drug-likeness (QED) is 0.777. The first-order valence-corrected chi connectivity index (χ1v) is 7.86. The molecule has 4 saturated carbocycles. The van der Waals surface area contributed by atoms with Crippen LogP contribution in [0.1, 0.15) is 54.4 Å². The summed E-state index contributed by atoms with van der Waals surface area (Å²) in [6.45, 7) is 0. The maximum absolute atomic E-state index is 11.3. The van der Waals surface area contributed by atoms with Gasteiger partial charge >= 0.3 is 0 Å². The number of rotatable bonds is 3. The van der Waals surface area contributed by atoms with Crippen molar-refractivity contribution in [2.75, 3.05) is 7.11 Å². The number of methoxy groups -OCH3 is 1. The highest BCUT2D eigenvalue weighted by Gasteiger charge is 2.51. The van der Waals surface area contributed by atoms with Crippen molar-refractivity contribution >= 4 is 6.29 Å². The Bertz CT molecular complexity index is 511. The van der Waals surface area contributed by atoms with Gasteiger partial charge in [-0.25, -0.2) is 0 Å². The highest BCUT2D eigenvalue weighted by atomic mass is 16.5. The molecule has 0 N–H and O–H groups in total. The van der Waals surface area contributed by atoms with Gasteiger partial charge in [-0.05, 0) is 79.4 Å². The monoisotopic (exact) mass is 270 g/mol. The topological polar surface area (TPSA) is 26.3 Å². The fourth-order valence-electron chi connectivity index (χ4n) is 5.62. The number of carbonyl (C=O) groups is 1. The van der Waals surface area contributed by atoms with E-state index in [0.717, 1.165) is 24.0 Å². The van der Waals surface area contributed by atoms with Crippen molar-refractivity contribution in [3.63, 3.8) is 0 Å². The van der Waals surface area contributed by atoms with Crippen LogP contribution in [0.5, 0.6) is 5.75 Å². The summed E-state index contributed by atoms with van der Waals surface area (Å²) >= 11 is 0. The molecule has 4 aliphatic carbocycles. The third-order valence-electron chi connectivity index (χ3n) is 6.01. The summed E-state index contributed by atoms with van der Waals surface area (Å²) in [6, 6.07) is 6.29. The van der Waals surface area contributed by atoms with Crippen LogP contribution in [-0.4, -0.2) is 13.4 Å². The lowest BCUT2D eigenvalue weighted by Gasteiger charge is -2.57. The molecular formula is C18H22O2. The molecule has 4 aliphatic rings. The number of hydrogen-bond acceptors (Lipinski definition) is 2. The molecule has 0 heterocycles. The van der Waals surface area contributed by atoms with E-state index in [1.807, 2.05) is 6.07 Å². The zero-order chi connectivity index (χ0) is 13.7. The molecule has 106 valence electrons. The third-order valence-corrected chi connectivity index (χ3v) is 6.01. The smallest absolute Gasteiger partial charge is 0.153 e. The minimum atomic E-state index is 0.360. The number of benzene rings is 1. The fraction of sp³-hybridized carbons (Fsp3) is 0.611. The summed E-state index contributed by atoms with van der Waals surface area (Å²) in [5, 5.41) is 0. The summed E-state index contributed by atoms with van der Waals surface area (Å²) in [4.78, 5) is 11.3. The lowest BCUT2D eigenvalue weighted by Crippen LogP contribution is -2.48. The van der Waals surface area contributed by atoms with Gasteiger partial charge in [-0.15, -0.1) is 0 Å². The molecule has 2 heteroatoms. The Kier molecular flexibility index (Phi) is 2.70. The standard InChI is InChI=1S/C18H22O2/c1-20-17-3-2-16(7-15(17)11-19)18-8-12-4-13(9-18)6-14(5-12)10-18/h2-3,7,11-14H,4-6,8-10H2,1H3. The predicted octanol–water partition coefficient (Wildman–Crippen LogP) is 3.98. The van der Waals surface area contributed by atoms with E-state index in [9.17, 15) is 4.79 Å². The van der Waals surface area contributed by atoms with Crippen LogP contribution in [0, 0.1) is 17.8 Å². The van der Waals surface area contributed by atoms with Crippen LogP contribution in [0.3, 0.4) is 0 Å². The molecular weight excluding hydrogens is 248 g/mol. The van der Waals surface area contributed by atoms with E-state index in [4.69, 9.17) is 4.74 Å². The highest BCUT2D eigenvalue weighted by molar-refractivity contribution is 5.79. The summed E-state index contributed by atoms with van der Waals surface area (Å²) in [6.07, 6.45) is 9.31. The van der Waals surface area contributed by atoms with Crippen molar-refractivity contribution in [2.45, 2.75) is 43.9 Å². The molecule has 5 rings (SSSR count). The van der Waals surface area contributed by atoms with E-state index < -0.39 is 0 Å². The lowest BCUT2D eigenvalue weighted by atomic mass is 9.48. The molecule has 20 heavy (non-hydrogen) atoms. The molecule has 0 atom stereocenters. The van der Waals surface area contributed by atoms with Gasteiger partial charge in [-0.2, -0.15) is 0 Å². The largest absolute Gasteiger partial charge is 0.496 e. The Labute approximate surface area is 120 Å². The van der Waals surface area contributed by atoms with Crippen molar-refractivity contribution in [3.05, 3.63) is 29.3 Å². The normalized spacial score (nSPS) is 38.0. The van der Waals surface area contributed by atoms with E-state index in [-0.39, 0.29) is 0 Å². The molecule has 2 nitrogen and oxygen atoms in total. The van der Waals surface area contributed by atoms with Gasteiger partial charge in [0.05, 0.1) is 12.7 Å². The van der Waals surface area contributed by atoms with Gasteiger partial charge in [0.25, 0.3) is 0 Å². The van der Waals surface area contributed by atoms with Gasteiger partial charge in [0, 0.05) is 0 Å². The molecule has 0 aromatic heterocycles. The molecule has 1 aromatic carbocycles. The first kappa shape index (κ1) is 12.4. The van der Waals surface area contributed by atoms with Gasteiger partial charge in [0.15, 0.2) is 6.29 Å². The average Bonchev–Trinajstić information content (AvgIpc) is 2.45. The molecule has 0 radical (unpaired) electrons. The van der Waals surface area contributed by atoms with Crippen molar-refractivity contribution in [1.82, 2.24) is 0 Å². The first-order chi connectivity index (χ1) is 9.72. The van der Waals surface area contributed by atoms with Crippen LogP contribution in [0.2, 0.25) is 0 Å². The lowest BCUT2D eigenvalue weighted by molar-refractivity contribution is -0.00521. The summed E-state index contributed by atoms with van der Waals surface area (Å²) in [7, 11) is 1.63. The van der Waals surface area contributed by atoms with Gasteiger partial charge in [0.2, 0.25) is 0 Å². The van der Waals surface area contributed by atoms with Gasteiger partial charge < -0.3 is 4.74 Å². The summed E-state index contributed by atoms with van der Waals surface area (Å²) in [5.41, 5.74) is 2.46. The van der Waals surface area contributed by atoms with Crippen LogP contribution in [0.4, 0.5) is 0 Å². The first-order valence-electron chi connectivity index (χ1n) is 7.86. The summed E-state index contributed by atoms with van der Waals surface area (Å²) in [5.74, 6) is 3.50. The SMILES string of the molecule is COc1ccc(C23CC4CC(CC(C4)C2)C3)cc1C=O. The number of hydrogen-bond donors (Lipinski definition) is 0. The third kappa shape index (κ3) is 1.73. The van der Waals surface area contributed by atoms with Crippen molar-refractivity contribution in [3.8, 4) is 5.75 Å². The Morgan fingerprint density at radius 1 is 1.10 bits per heavy atom. The zero-order valence-corrected chi connectivity index (χ0v) is 12.1. The average molecular weight is 270 g/mol. The Balaban J connectivity index is 1.75. The molecule has 0 saturated heterocycles. The van der Waals surface area contributed by atoms with Crippen LogP contribution in [0.25, 0.3) is 0 Å². The maximum atomic E-state index is 11.3. The second kappa shape index (κ2) is 4.34. The molecule has 4 bridgehead atoms. The van der Waals surface area contributed by atoms with Crippen molar-refractivity contribution in [2.24, 2.45) is 17.8 Å². The van der Waals surface area contributed by atoms with Gasteiger partial charge in [-0.3, -0.25) is 4.79 Å². The maximum Gasteiger partial charge on any atom is 0.153 e. The molecule has 1 aromatic rings. The van der Waals surface area contributed by atoms with E-state index in [1.165, 1.54) is 44.1 Å². The zero-order valence-electron chi connectivity index (χ0n) is 12.1. The highest BCUT2D eigenvalue weighted by Crippen LogP contribution is 2.60. The van der Waals surface area contributed by atoms with Crippen molar-refractivity contribution < 1.29 is 9.53 Å². The molecule has 0 unspecified atom stereocenters. The minimum absolute atomic E-state index is 0.360. The van der Waals surface area contributed by atoms with Crippen molar-refractivity contribution in [1.29, 1.82) is 0 Å². The van der Waals surface area contributed by atoms with E-state index >= 15 is 0 Å². The van der Waals surface area contributed by atoms with E-state index in [0.29, 0.717) is 16.7 Å². The number of carbonyl (C=O) groups excluding carboxylic acids is 1. The summed E-state index contributed by atoms with van der Waals surface area (Å²) < 4.78 is 5.28. The van der Waals surface area contributed by atoms with Crippen LogP contribution >= 0.6 is 0 Å². The van der Waals surface area contributed by atoms with E-state index in [2.05, 4.69) is 12.1 Å². The Hall–Kier alpha value is -1.31. The van der Waals surface area contributed by atoms with E-state index in [1.54, 1.807) is 7.11 Å². The van der Waals surface area contributed by atoms with Gasteiger partial charge in [-0.1, -0.05) is 6.07 Å². The molecule has 0 spiro atoms. The van der Waals surface area contributed by atoms with Crippen LogP contribution < -0.4 is 4.74 Å². The van der Waals surface area contributed by atoms with Gasteiger partial charge in [0.1, 0.15) is 5.75 Å². The number of ether oxygens (including phenoxy) is 1. The number of aldehydes is 1. The molecule has 4 fully saturated rings. The van der Waals surface area contributed by atoms with Crippen LogP contribution in [0.15, 0.2) is 18.2 Å². The minimum Gasteiger partial charge on any atom is -0.496 e. The second-order valence-corrected chi connectivity index (χ2v) is 7.27. The van der Waals surface area contributed by atoms with Crippen LogP contribution in [-0.2, 0) is 5.41 Å². The Morgan fingerprint density at radius 2 is 1.70 bits per heavy atom. The molecule has 0 aliphatic heterocycles. The fourth-order valence-corrected chi connectivity index (χ4v) is 5.62.